The summed E-state index contributed by atoms with van der Waals surface area (Å²) in [5, 5.41) is 18.4. The van der Waals surface area contributed by atoms with E-state index in [1.807, 2.05) is 43.3 Å². The third-order valence-corrected chi connectivity index (χ3v) is 8.92. The van der Waals surface area contributed by atoms with Gasteiger partial charge in [0.1, 0.15) is 22.4 Å². The van der Waals surface area contributed by atoms with Gasteiger partial charge >= 0.3 is 0 Å². The van der Waals surface area contributed by atoms with E-state index in [-0.39, 0.29) is 17.4 Å². The molecule has 0 aliphatic carbocycles. The van der Waals surface area contributed by atoms with E-state index in [2.05, 4.69) is 16.0 Å². The highest BCUT2D eigenvalue weighted by atomic mass is 35.5. The molecule has 4 N–H and O–H groups in total. The number of thioether (sulfide) groups is 1. The number of phenols is 1. The molecular formula is C38H32ClN3O5S. The molecule has 242 valence electrons. The quantitative estimate of drug-likeness (QED) is 0.0827. The molecule has 0 saturated carbocycles. The third-order valence-electron chi connectivity index (χ3n) is 7.26. The highest BCUT2D eigenvalue weighted by Crippen LogP contribution is 2.38. The molecule has 5 aromatic carbocycles. The molecule has 0 radical (unpaired) electrons. The summed E-state index contributed by atoms with van der Waals surface area (Å²) in [6.45, 7) is 1.84. The predicted octanol–water partition coefficient (Wildman–Crippen LogP) is 8.24. The van der Waals surface area contributed by atoms with Crippen LogP contribution >= 0.6 is 23.4 Å². The number of rotatable bonds is 11. The molecular weight excluding hydrogens is 646 g/mol. The lowest BCUT2D eigenvalue weighted by Gasteiger charge is -2.19. The Kier molecular flexibility index (Phi) is 11.2. The lowest BCUT2D eigenvalue weighted by Crippen LogP contribution is -2.30. The van der Waals surface area contributed by atoms with Crippen molar-refractivity contribution in [1.82, 2.24) is 5.32 Å². The smallest absolute Gasteiger partial charge is 0.272 e. The minimum absolute atomic E-state index is 0.0113. The van der Waals surface area contributed by atoms with Crippen molar-refractivity contribution in [2.75, 3.05) is 17.7 Å². The van der Waals surface area contributed by atoms with Gasteiger partial charge < -0.3 is 25.8 Å². The standard InChI is InChI=1S/C38H32ClN3O5S/c1-24-31(39)17-10-18-32(24)41-38(46)35(25-11-5-3-6-12-25)48-30-16-9-15-28(22-30)40-37(45)33(42-36(44)26-13-7-4-8-14-26)21-27-19-20-29(43)23-34(27)47-2/h3-23,35,43H,1-2H3,(H,40,45)(H,41,46)(H,42,44)/b33-21+. The molecule has 10 heteroatoms. The number of ether oxygens (including phenoxy) is 1. The van der Waals surface area contributed by atoms with Crippen LogP contribution in [0.1, 0.15) is 32.3 Å². The first-order valence-corrected chi connectivity index (χ1v) is 16.1. The van der Waals surface area contributed by atoms with E-state index in [0.717, 1.165) is 16.0 Å². The highest BCUT2D eigenvalue weighted by molar-refractivity contribution is 8.00. The van der Waals surface area contributed by atoms with Crippen LogP contribution in [0.5, 0.6) is 11.5 Å². The molecule has 1 atom stereocenters. The molecule has 3 amide bonds. The molecule has 5 rings (SSSR count). The number of benzene rings is 5. The summed E-state index contributed by atoms with van der Waals surface area (Å²) in [5.41, 5.74) is 3.41. The van der Waals surface area contributed by atoms with E-state index in [4.69, 9.17) is 16.3 Å². The molecule has 0 heterocycles. The average molecular weight is 678 g/mol. The first-order chi connectivity index (χ1) is 23.2. The number of nitrogens with one attached hydrogen (secondary N) is 3. The van der Waals surface area contributed by atoms with Gasteiger partial charge in [-0.2, -0.15) is 0 Å². The highest BCUT2D eigenvalue weighted by Gasteiger charge is 2.24. The largest absolute Gasteiger partial charge is 0.508 e. The summed E-state index contributed by atoms with van der Waals surface area (Å²) in [4.78, 5) is 41.2. The topological polar surface area (TPSA) is 117 Å². The fourth-order valence-corrected chi connectivity index (χ4v) is 6.00. The first-order valence-electron chi connectivity index (χ1n) is 14.9. The third kappa shape index (κ3) is 8.64. The summed E-state index contributed by atoms with van der Waals surface area (Å²) in [7, 11) is 1.44. The van der Waals surface area contributed by atoms with Crippen molar-refractivity contribution >= 4 is 58.5 Å². The number of carbonyl (C=O) groups excluding carboxylic acids is 3. The van der Waals surface area contributed by atoms with Crippen LogP contribution in [0.4, 0.5) is 11.4 Å². The molecule has 8 nitrogen and oxygen atoms in total. The maximum absolute atomic E-state index is 13.7. The van der Waals surface area contributed by atoms with E-state index < -0.39 is 17.1 Å². The van der Waals surface area contributed by atoms with Crippen molar-refractivity contribution in [2.24, 2.45) is 0 Å². The normalized spacial score (nSPS) is 11.7. The SMILES string of the molecule is COc1cc(O)ccc1/C=C(/NC(=O)c1ccccc1)C(=O)Nc1cccc(SC(C(=O)Nc2cccc(Cl)c2C)c2ccccc2)c1. The molecule has 0 aromatic heterocycles. The monoisotopic (exact) mass is 677 g/mol. The number of hydrogen-bond donors (Lipinski definition) is 4. The Balaban J connectivity index is 1.41. The summed E-state index contributed by atoms with van der Waals surface area (Å²) >= 11 is 7.62. The second-order valence-electron chi connectivity index (χ2n) is 10.6. The number of carbonyl (C=O) groups is 3. The van der Waals surface area contributed by atoms with Crippen molar-refractivity contribution in [1.29, 1.82) is 0 Å². The van der Waals surface area contributed by atoms with Gasteiger partial charge in [0.15, 0.2) is 0 Å². The van der Waals surface area contributed by atoms with Crippen molar-refractivity contribution in [3.05, 3.63) is 154 Å². The maximum Gasteiger partial charge on any atom is 0.272 e. The number of methoxy groups -OCH3 is 1. The number of hydrogen-bond acceptors (Lipinski definition) is 6. The van der Waals surface area contributed by atoms with Gasteiger partial charge in [-0.05, 0) is 78.7 Å². The Hall–Kier alpha value is -5.51. The Morgan fingerprint density at radius 2 is 1.54 bits per heavy atom. The van der Waals surface area contributed by atoms with Gasteiger partial charge in [0.25, 0.3) is 11.8 Å². The second kappa shape index (κ2) is 15.9. The van der Waals surface area contributed by atoms with Gasteiger partial charge in [-0.3, -0.25) is 14.4 Å². The zero-order chi connectivity index (χ0) is 34.0. The number of aromatic hydroxyl groups is 1. The summed E-state index contributed by atoms with van der Waals surface area (Å²) in [6, 6.07) is 34.8. The Morgan fingerprint density at radius 3 is 2.27 bits per heavy atom. The van der Waals surface area contributed by atoms with Crippen LogP contribution in [0.3, 0.4) is 0 Å². The molecule has 0 aliphatic heterocycles. The number of amides is 3. The molecule has 0 bridgehead atoms. The molecule has 1 unspecified atom stereocenters. The summed E-state index contributed by atoms with van der Waals surface area (Å²) in [5.74, 6) is -1.01. The fraction of sp³-hybridized carbons (Fsp3) is 0.0789. The van der Waals surface area contributed by atoms with Gasteiger partial charge in [0.05, 0.1) is 7.11 Å². The van der Waals surface area contributed by atoms with Crippen LogP contribution in [0.2, 0.25) is 5.02 Å². The van der Waals surface area contributed by atoms with Gasteiger partial charge in [0, 0.05) is 38.5 Å². The van der Waals surface area contributed by atoms with E-state index in [0.29, 0.717) is 33.3 Å². The molecule has 0 aliphatic rings. The lowest BCUT2D eigenvalue weighted by molar-refractivity contribution is -0.116. The van der Waals surface area contributed by atoms with Crippen LogP contribution in [-0.4, -0.2) is 29.9 Å². The average Bonchev–Trinajstić information content (AvgIpc) is 3.10. The molecule has 5 aromatic rings. The zero-order valence-electron chi connectivity index (χ0n) is 26.1. The summed E-state index contributed by atoms with van der Waals surface area (Å²) in [6.07, 6.45) is 1.47. The Labute approximate surface area is 287 Å². The van der Waals surface area contributed by atoms with Crippen LogP contribution in [-0.2, 0) is 9.59 Å². The zero-order valence-corrected chi connectivity index (χ0v) is 27.6. The predicted molar refractivity (Wildman–Crippen MR) is 191 cm³/mol. The van der Waals surface area contributed by atoms with Crippen LogP contribution in [0.15, 0.2) is 132 Å². The fourth-order valence-electron chi connectivity index (χ4n) is 4.74. The number of phenolic OH excluding ortho intramolecular Hbond substituents is 1. The van der Waals surface area contributed by atoms with E-state index in [1.54, 1.807) is 72.8 Å². The number of anilines is 2. The minimum atomic E-state index is -0.627. The first kappa shape index (κ1) is 33.8. The Morgan fingerprint density at radius 1 is 0.833 bits per heavy atom. The van der Waals surface area contributed by atoms with E-state index in [9.17, 15) is 19.5 Å². The van der Waals surface area contributed by atoms with Gasteiger partial charge in [-0.1, -0.05) is 72.3 Å². The maximum atomic E-state index is 13.7. The summed E-state index contributed by atoms with van der Waals surface area (Å²) < 4.78 is 5.38. The van der Waals surface area contributed by atoms with Crippen molar-refractivity contribution in [3.8, 4) is 11.5 Å². The molecule has 0 spiro atoms. The molecule has 0 fully saturated rings. The van der Waals surface area contributed by atoms with Gasteiger partial charge in [-0.15, -0.1) is 11.8 Å². The van der Waals surface area contributed by atoms with E-state index in [1.165, 1.54) is 37.1 Å². The Bertz CT molecular complexity index is 1970. The lowest BCUT2D eigenvalue weighted by atomic mass is 10.1. The van der Waals surface area contributed by atoms with Crippen molar-refractivity contribution in [2.45, 2.75) is 17.1 Å². The number of halogens is 1. The van der Waals surface area contributed by atoms with Crippen molar-refractivity contribution in [3.63, 3.8) is 0 Å². The minimum Gasteiger partial charge on any atom is -0.508 e. The van der Waals surface area contributed by atoms with E-state index >= 15 is 0 Å². The van der Waals surface area contributed by atoms with Crippen LogP contribution < -0.4 is 20.7 Å². The van der Waals surface area contributed by atoms with Crippen LogP contribution in [0, 0.1) is 6.92 Å². The molecule has 0 saturated heterocycles. The molecule has 48 heavy (non-hydrogen) atoms. The van der Waals surface area contributed by atoms with Gasteiger partial charge in [0.2, 0.25) is 5.91 Å². The van der Waals surface area contributed by atoms with Crippen LogP contribution in [0.25, 0.3) is 6.08 Å². The second-order valence-corrected chi connectivity index (χ2v) is 12.2. The van der Waals surface area contributed by atoms with Gasteiger partial charge in [-0.25, -0.2) is 0 Å². The van der Waals surface area contributed by atoms with Crippen molar-refractivity contribution < 1.29 is 24.2 Å².